The quantitative estimate of drug-likeness (QED) is 0.500. The molecule has 0 atom stereocenters. The smallest absolute Gasteiger partial charge is 0.196 e. The second-order valence-corrected chi connectivity index (χ2v) is 4.24. The number of H-pyrrole nitrogens is 1. The number of rotatable bonds is 3. The van der Waals surface area contributed by atoms with Crippen LogP contribution in [0.25, 0.3) is 0 Å². The third-order valence-electron chi connectivity index (χ3n) is 2.05. The van der Waals surface area contributed by atoms with Gasteiger partial charge in [-0.2, -0.15) is 5.10 Å². The van der Waals surface area contributed by atoms with Crippen LogP contribution < -0.4 is 10.7 Å². The minimum Gasteiger partial charge on any atom is -0.380 e. The van der Waals surface area contributed by atoms with Gasteiger partial charge in [0.05, 0.1) is 16.8 Å². The maximum atomic E-state index is 5.76. The third-order valence-corrected chi connectivity index (χ3v) is 3.03. The summed E-state index contributed by atoms with van der Waals surface area (Å²) < 4.78 is 0. The van der Waals surface area contributed by atoms with Crippen molar-refractivity contribution >= 4 is 22.9 Å². The van der Waals surface area contributed by atoms with Crippen molar-refractivity contribution in [2.75, 3.05) is 0 Å². The van der Waals surface area contributed by atoms with E-state index in [0.717, 1.165) is 10.6 Å². The van der Waals surface area contributed by atoms with Gasteiger partial charge in [0.25, 0.3) is 0 Å². The van der Waals surface area contributed by atoms with Gasteiger partial charge in [-0.05, 0) is 18.4 Å². The minimum atomic E-state index is 0.290. The first-order valence-corrected chi connectivity index (χ1v) is 5.89. The molecule has 17 heavy (non-hydrogen) atoms. The molecule has 2 heterocycles. The minimum absolute atomic E-state index is 0.290. The first kappa shape index (κ1) is 11.4. The molecule has 6 heteroatoms. The van der Waals surface area contributed by atoms with E-state index >= 15 is 0 Å². The molecule has 5 nitrogen and oxygen atoms in total. The fourth-order valence-corrected chi connectivity index (χ4v) is 1.85. The van der Waals surface area contributed by atoms with Crippen molar-refractivity contribution in [3.05, 3.63) is 46.7 Å². The van der Waals surface area contributed by atoms with Gasteiger partial charge in [-0.25, -0.2) is 9.97 Å². The summed E-state index contributed by atoms with van der Waals surface area (Å²) in [6.07, 6.45) is 5.00. The molecule has 3 N–H and O–H groups in total. The van der Waals surface area contributed by atoms with E-state index in [-0.39, 0.29) is 5.84 Å². The number of thiophene rings is 1. The van der Waals surface area contributed by atoms with E-state index in [9.17, 15) is 0 Å². The van der Waals surface area contributed by atoms with Crippen molar-refractivity contribution in [2.24, 2.45) is 15.9 Å². The van der Waals surface area contributed by atoms with Crippen molar-refractivity contribution in [1.29, 1.82) is 0 Å². The number of hydrogen-bond acceptors (Lipinski definition) is 4. The van der Waals surface area contributed by atoms with Crippen LogP contribution in [0.3, 0.4) is 0 Å². The Hall–Kier alpha value is -2.08. The third kappa shape index (κ3) is 2.94. The largest absolute Gasteiger partial charge is 0.380 e. The summed E-state index contributed by atoms with van der Waals surface area (Å²) in [7, 11) is 0. The first-order valence-electron chi connectivity index (χ1n) is 5.01. The summed E-state index contributed by atoms with van der Waals surface area (Å²) in [6.45, 7) is 1.90. The number of amidine groups is 1. The van der Waals surface area contributed by atoms with Crippen LogP contribution >= 0.6 is 11.3 Å². The van der Waals surface area contributed by atoms with Gasteiger partial charge in [0.2, 0.25) is 0 Å². The van der Waals surface area contributed by atoms with Crippen molar-refractivity contribution < 1.29 is 4.98 Å². The normalized spacial score (nSPS) is 12.8. The maximum absolute atomic E-state index is 5.76. The Morgan fingerprint density at radius 1 is 1.47 bits per heavy atom. The van der Waals surface area contributed by atoms with Crippen LogP contribution in [0.15, 0.2) is 46.3 Å². The van der Waals surface area contributed by atoms with Gasteiger partial charge < -0.3 is 5.73 Å². The lowest BCUT2D eigenvalue weighted by atomic mass is 10.3. The highest BCUT2D eigenvalue weighted by molar-refractivity contribution is 7.12. The number of nitrogens with one attached hydrogen (secondary N) is 1. The molecule has 0 aromatic carbocycles. The predicted molar refractivity (Wildman–Crippen MR) is 68.0 cm³/mol. The summed E-state index contributed by atoms with van der Waals surface area (Å²) >= 11 is 1.62. The van der Waals surface area contributed by atoms with Gasteiger partial charge in [0, 0.05) is 0 Å². The Morgan fingerprint density at radius 3 is 3.00 bits per heavy atom. The average molecular weight is 246 g/mol. The average Bonchev–Trinajstić information content (AvgIpc) is 2.90. The zero-order valence-electron chi connectivity index (χ0n) is 9.29. The molecule has 2 aromatic rings. The Balaban J connectivity index is 2.18. The van der Waals surface area contributed by atoms with Crippen LogP contribution in [-0.4, -0.2) is 16.5 Å². The topological polar surface area (TPSA) is 77.8 Å². The molecule has 86 valence electrons. The van der Waals surface area contributed by atoms with Crippen molar-refractivity contribution in [3.8, 4) is 0 Å². The SMILES string of the molecule is C/C(=N/N=C(N)c1c[nH+]ccn1)c1cccs1. The van der Waals surface area contributed by atoms with Gasteiger partial charge in [0.1, 0.15) is 0 Å². The second kappa shape index (κ2) is 5.31. The molecule has 0 saturated heterocycles. The Morgan fingerprint density at radius 2 is 2.35 bits per heavy atom. The zero-order valence-corrected chi connectivity index (χ0v) is 10.1. The number of aromatic nitrogens is 2. The molecular formula is C11H12N5S+. The van der Waals surface area contributed by atoms with Crippen LogP contribution in [0.5, 0.6) is 0 Å². The Labute approximate surface area is 103 Å². The maximum Gasteiger partial charge on any atom is 0.196 e. The standard InChI is InChI=1S/C11H11N5S/c1-8(10-3-2-6-17-10)15-16-11(12)9-7-13-4-5-14-9/h2-7H,1H3,(H2,12,16)/p+1/b15-8-. The number of nitrogens with zero attached hydrogens (tertiary/aromatic N) is 3. The first-order chi connectivity index (χ1) is 8.27. The molecule has 0 unspecified atom stereocenters. The highest BCUT2D eigenvalue weighted by Crippen LogP contribution is 2.09. The monoisotopic (exact) mass is 246 g/mol. The van der Waals surface area contributed by atoms with Crippen LogP contribution in [0.1, 0.15) is 17.5 Å². The molecule has 0 aliphatic rings. The molecule has 0 amide bonds. The van der Waals surface area contributed by atoms with Crippen LogP contribution in [0.2, 0.25) is 0 Å². The summed E-state index contributed by atoms with van der Waals surface area (Å²) in [6, 6.07) is 3.96. The Kier molecular flexibility index (Phi) is 3.56. The van der Waals surface area contributed by atoms with Gasteiger partial charge in [0.15, 0.2) is 23.9 Å². The molecule has 0 bridgehead atoms. The molecule has 2 rings (SSSR count). The fraction of sp³-hybridized carbons (Fsp3) is 0.0909. The van der Waals surface area contributed by atoms with Gasteiger partial charge in [-0.15, -0.1) is 16.4 Å². The number of hydrogen-bond donors (Lipinski definition) is 1. The van der Waals surface area contributed by atoms with E-state index < -0.39 is 0 Å². The molecule has 0 aliphatic carbocycles. The summed E-state index contributed by atoms with van der Waals surface area (Å²) in [5.41, 5.74) is 7.18. The fourth-order valence-electron chi connectivity index (χ4n) is 1.18. The van der Waals surface area contributed by atoms with Crippen molar-refractivity contribution in [3.63, 3.8) is 0 Å². The Bertz CT molecular complexity index is 530. The molecular weight excluding hydrogens is 234 g/mol. The lowest BCUT2D eigenvalue weighted by molar-refractivity contribution is -0.379. The lowest BCUT2D eigenvalue weighted by Gasteiger charge is -1.94. The van der Waals surface area contributed by atoms with E-state index in [4.69, 9.17) is 5.73 Å². The van der Waals surface area contributed by atoms with Gasteiger partial charge in [-0.1, -0.05) is 6.07 Å². The molecule has 0 fully saturated rings. The highest BCUT2D eigenvalue weighted by atomic mass is 32.1. The van der Waals surface area contributed by atoms with Gasteiger partial charge in [-0.3, -0.25) is 0 Å². The number of aromatic amines is 1. The van der Waals surface area contributed by atoms with Gasteiger partial charge >= 0.3 is 0 Å². The second-order valence-electron chi connectivity index (χ2n) is 3.29. The molecule has 0 saturated carbocycles. The van der Waals surface area contributed by atoms with E-state index in [1.54, 1.807) is 29.9 Å². The zero-order chi connectivity index (χ0) is 12.1. The van der Waals surface area contributed by atoms with Crippen LogP contribution in [-0.2, 0) is 0 Å². The van der Waals surface area contributed by atoms with E-state index in [0.29, 0.717) is 5.69 Å². The summed E-state index contributed by atoms with van der Waals surface area (Å²) in [5, 5.41) is 10.0. The molecule has 0 aliphatic heterocycles. The molecule has 0 spiro atoms. The summed E-state index contributed by atoms with van der Waals surface area (Å²) in [4.78, 5) is 8.03. The number of nitrogens with two attached hydrogens (primary N) is 1. The van der Waals surface area contributed by atoms with Crippen molar-refractivity contribution in [2.45, 2.75) is 6.92 Å². The van der Waals surface area contributed by atoms with E-state index in [1.807, 2.05) is 24.4 Å². The molecule has 2 aromatic heterocycles. The lowest BCUT2D eigenvalue weighted by Crippen LogP contribution is -2.18. The van der Waals surface area contributed by atoms with E-state index in [1.165, 1.54) is 0 Å². The van der Waals surface area contributed by atoms with Crippen LogP contribution in [0, 0.1) is 0 Å². The van der Waals surface area contributed by atoms with Crippen molar-refractivity contribution in [1.82, 2.24) is 4.98 Å². The predicted octanol–water partition coefficient (Wildman–Crippen LogP) is 1.09. The summed E-state index contributed by atoms with van der Waals surface area (Å²) in [5.74, 6) is 0.290. The molecule has 0 radical (unpaired) electrons. The highest BCUT2D eigenvalue weighted by Gasteiger charge is 2.02. The van der Waals surface area contributed by atoms with E-state index in [2.05, 4.69) is 20.2 Å². The van der Waals surface area contributed by atoms with Crippen LogP contribution in [0.4, 0.5) is 0 Å².